The van der Waals surface area contributed by atoms with Crippen LogP contribution in [-0.2, 0) is 6.54 Å². The van der Waals surface area contributed by atoms with Gasteiger partial charge in [-0.1, -0.05) is 24.3 Å². The Labute approximate surface area is 71.7 Å². The van der Waals surface area contributed by atoms with E-state index in [0.29, 0.717) is 12.1 Å². The molecule has 0 amide bonds. The molecule has 0 saturated carbocycles. The molecule has 0 fully saturated rings. The van der Waals surface area contributed by atoms with Crippen LogP contribution in [0.15, 0.2) is 24.3 Å². The second-order valence-electron chi connectivity index (χ2n) is 2.60. The first-order valence-corrected chi connectivity index (χ1v) is 3.84. The molecule has 1 aromatic carbocycles. The van der Waals surface area contributed by atoms with Crippen molar-refractivity contribution in [3.63, 3.8) is 0 Å². The molecular formula is C9H13NO2. The quantitative estimate of drug-likeness (QED) is 0.571. The van der Waals surface area contributed by atoms with E-state index in [4.69, 9.17) is 10.2 Å². The Morgan fingerprint density at radius 1 is 1.33 bits per heavy atom. The van der Waals surface area contributed by atoms with Crippen LogP contribution >= 0.6 is 0 Å². The SMILES string of the molecule is CNCc1ccccc1C(O)O. The van der Waals surface area contributed by atoms with Crippen molar-refractivity contribution in [1.82, 2.24) is 5.32 Å². The minimum Gasteiger partial charge on any atom is -0.364 e. The molecular weight excluding hydrogens is 154 g/mol. The zero-order valence-corrected chi connectivity index (χ0v) is 6.99. The van der Waals surface area contributed by atoms with Crippen LogP contribution in [-0.4, -0.2) is 17.3 Å². The average Bonchev–Trinajstić information content (AvgIpc) is 2.05. The molecule has 0 heterocycles. The van der Waals surface area contributed by atoms with Gasteiger partial charge in [-0.15, -0.1) is 0 Å². The first-order chi connectivity index (χ1) is 5.75. The topological polar surface area (TPSA) is 52.5 Å². The Kier molecular flexibility index (Phi) is 3.22. The predicted molar refractivity (Wildman–Crippen MR) is 46.4 cm³/mol. The molecule has 0 unspecified atom stereocenters. The van der Waals surface area contributed by atoms with Gasteiger partial charge in [-0.3, -0.25) is 0 Å². The molecule has 0 aliphatic rings. The van der Waals surface area contributed by atoms with Gasteiger partial charge in [-0.05, 0) is 12.6 Å². The third-order valence-electron chi connectivity index (χ3n) is 1.70. The molecule has 0 spiro atoms. The van der Waals surface area contributed by atoms with E-state index in [1.807, 2.05) is 19.2 Å². The van der Waals surface area contributed by atoms with Crippen molar-refractivity contribution in [2.24, 2.45) is 0 Å². The Balaban J connectivity index is 2.92. The zero-order chi connectivity index (χ0) is 8.97. The lowest BCUT2D eigenvalue weighted by Crippen LogP contribution is -2.09. The van der Waals surface area contributed by atoms with E-state index in [1.54, 1.807) is 12.1 Å². The summed E-state index contributed by atoms with van der Waals surface area (Å²) >= 11 is 0. The standard InChI is InChI=1S/C9H13NO2/c1-10-6-7-4-2-3-5-8(7)9(11)12/h2-5,9-12H,6H2,1H3. The van der Waals surface area contributed by atoms with Crippen LogP contribution in [0.4, 0.5) is 0 Å². The highest BCUT2D eigenvalue weighted by Gasteiger charge is 2.06. The summed E-state index contributed by atoms with van der Waals surface area (Å²) in [7, 11) is 1.82. The van der Waals surface area contributed by atoms with Crippen molar-refractivity contribution in [3.8, 4) is 0 Å². The van der Waals surface area contributed by atoms with Crippen LogP contribution in [0, 0.1) is 0 Å². The maximum Gasteiger partial charge on any atom is 0.178 e. The van der Waals surface area contributed by atoms with E-state index in [0.717, 1.165) is 5.56 Å². The van der Waals surface area contributed by atoms with E-state index in [9.17, 15) is 0 Å². The Morgan fingerprint density at radius 2 is 2.00 bits per heavy atom. The molecule has 3 nitrogen and oxygen atoms in total. The van der Waals surface area contributed by atoms with Gasteiger partial charge in [0.25, 0.3) is 0 Å². The van der Waals surface area contributed by atoms with Gasteiger partial charge in [-0.25, -0.2) is 0 Å². The molecule has 3 heteroatoms. The summed E-state index contributed by atoms with van der Waals surface area (Å²) in [6.45, 7) is 0.647. The summed E-state index contributed by atoms with van der Waals surface area (Å²) in [6, 6.07) is 7.23. The predicted octanol–water partition coefficient (Wildman–Crippen LogP) is 0.389. The summed E-state index contributed by atoms with van der Waals surface area (Å²) in [6.07, 6.45) is -1.38. The molecule has 0 radical (unpaired) electrons. The van der Waals surface area contributed by atoms with Crippen LogP contribution in [0.25, 0.3) is 0 Å². The molecule has 0 atom stereocenters. The molecule has 0 aliphatic carbocycles. The number of benzene rings is 1. The van der Waals surface area contributed by atoms with Crippen LogP contribution < -0.4 is 5.32 Å². The first kappa shape index (κ1) is 9.19. The van der Waals surface area contributed by atoms with Gasteiger partial charge in [0.15, 0.2) is 6.29 Å². The van der Waals surface area contributed by atoms with E-state index in [1.165, 1.54) is 0 Å². The number of rotatable bonds is 3. The molecule has 3 N–H and O–H groups in total. The van der Waals surface area contributed by atoms with Gasteiger partial charge in [-0.2, -0.15) is 0 Å². The highest BCUT2D eigenvalue weighted by Crippen LogP contribution is 2.14. The van der Waals surface area contributed by atoms with Crippen molar-refractivity contribution >= 4 is 0 Å². The fourth-order valence-corrected chi connectivity index (χ4v) is 1.14. The Morgan fingerprint density at radius 3 is 2.58 bits per heavy atom. The van der Waals surface area contributed by atoms with Crippen molar-refractivity contribution in [3.05, 3.63) is 35.4 Å². The third kappa shape index (κ3) is 2.04. The highest BCUT2D eigenvalue weighted by atomic mass is 16.5. The monoisotopic (exact) mass is 167 g/mol. The number of aliphatic hydroxyl groups excluding tert-OH is 1. The molecule has 12 heavy (non-hydrogen) atoms. The maximum atomic E-state index is 8.96. The van der Waals surface area contributed by atoms with Gasteiger partial charge in [0.05, 0.1) is 0 Å². The Bertz CT molecular complexity index is 248. The van der Waals surface area contributed by atoms with Crippen molar-refractivity contribution in [1.29, 1.82) is 0 Å². The number of nitrogens with one attached hydrogen (secondary N) is 1. The minimum absolute atomic E-state index is 0.562. The minimum atomic E-state index is -1.38. The van der Waals surface area contributed by atoms with Gasteiger partial charge in [0.2, 0.25) is 0 Å². The number of hydrogen-bond donors (Lipinski definition) is 3. The molecule has 1 aromatic rings. The zero-order valence-electron chi connectivity index (χ0n) is 6.99. The molecule has 0 aromatic heterocycles. The van der Waals surface area contributed by atoms with Crippen LogP contribution in [0.1, 0.15) is 17.4 Å². The number of hydrogen-bond acceptors (Lipinski definition) is 3. The lowest BCUT2D eigenvalue weighted by molar-refractivity contribution is -0.0431. The average molecular weight is 167 g/mol. The van der Waals surface area contributed by atoms with E-state index < -0.39 is 6.29 Å². The second-order valence-corrected chi connectivity index (χ2v) is 2.60. The highest BCUT2D eigenvalue weighted by molar-refractivity contribution is 5.27. The normalized spacial score (nSPS) is 10.7. The summed E-state index contributed by atoms with van der Waals surface area (Å²) in [5, 5.41) is 20.9. The van der Waals surface area contributed by atoms with Crippen molar-refractivity contribution < 1.29 is 10.2 Å². The van der Waals surface area contributed by atoms with E-state index in [2.05, 4.69) is 5.32 Å². The van der Waals surface area contributed by atoms with E-state index in [-0.39, 0.29) is 0 Å². The van der Waals surface area contributed by atoms with Crippen molar-refractivity contribution in [2.75, 3.05) is 7.05 Å². The summed E-state index contributed by atoms with van der Waals surface area (Å²) < 4.78 is 0. The summed E-state index contributed by atoms with van der Waals surface area (Å²) in [4.78, 5) is 0. The van der Waals surface area contributed by atoms with E-state index >= 15 is 0 Å². The largest absolute Gasteiger partial charge is 0.364 e. The van der Waals surface area contributed by atoms with Gasteiger partial charge < -0.3 is 15.5 Å². The number of aliphatic hydroxyl groups is 2. The van der Waals surface area contributed by atoms with Crippen LogP contribution in [0.3, 0.4) is 0 Å². The lowest BCUT2D eigenvalue weighted by atomic mass is 10.1. The summed E-state index contributed by atoms with van der Waals surface area (Å²) in [5.74, 6) is 0. The first-order valence-electron chi connectivity index (χ1n) is 3.84. The molecule has 0 saturated heterocycles. The Hall–Kier alpha value is -0.900. The summed E-state index contributed by atoms with van der Waals surface area (Å²) in [5.41, 5.74) is 1.47. The molecule has 0 bridgehead atoms. The van der Waals surface area contributed by atoms with Crippen LogP contribution in [0.5, 0.6) is 0 Å². The lowest BCUT2D eigenvalue weighted by Gasteiger charge is -2.09. The van der Waals surface area contributed by atoms with Gasteiger partial charge in [0.1, 0.15) is 0 Å². The van der Waals surface area contributed by atoms with Gasteiger partial charge in [0, 0.05) is 12.1 Å². The molecule has 66 valence electrons. The van der Waals surface area contributed by atoms with Crippen molar-refractivity contribution in [2.45, 2.75) is 12.8 Å². The molecule has 1 rings (SSSR count). The smallest absolute Gasteiger partial charge is 0.178 e. The molecule has 0 aliphatic heterocycles. The fraction of sp³-hybridized carbons (Fsp3) is 0.333. The van der Waals surface area contributed by atoms with Gasteiger partial charge >= 0.3 is 0 Å². The van der Waals surface area contributed by atoms with Crippen LogP contribution in [0.2, 0.25) is 0 Å². The fourth-order valence-electron chi connectivity index (χ4n) is 1.14. The second kappa shape index (κ2) is 4.21. The maximum absolute atomic E-state index is 8.96. The third-order valence-corrected chi connectivity index (χ3v) is 1.70.